The first-order valence-electron chi connectivity index (χ1n) is 8.15. The van der Waals surface area contributed by atoms with Crippen molar-refractivity contribution in [2.45, 2.75) is 26.3 Å². The van der Waals surface area contributed by atoms with Crippen LogP contribution in [-0.2, 0) is 11.3 Å². The highest BCUT2D eigenvalue weighted by molar-refractivity contribution is 5.90. The number of nitrogens with two attached hydrogens (primary N) is 1. The molecule has 0 saturated heterocycles. The Morgan fingerprint density at radius 2 is 1.60 bits per heavy atom. The number of hydrogen-bond acceptors (Lipinski definition) is 4. The third-order valence-corrected chi connectivity index (χ3v) is 3.43. The Hall–Kier alpha value is -2.24. The number of hydrogen-bond donors (Lipinski definition) is 2. The van der Waals surface area contributed by atoms with Gasteiger partial charge in [0, 0.05) is 18.7 Å². The van der Waals surface area contributed by atoms with Crippen LogP contribution < -0.4 is 20.5 Å². The third kappa shape index (κ3) is 7.45. The standard InChI is InChI=1S/C19H24N2O3.ClH/c1-2-23-17-9-11-18(12-10-17)24-13-3-4-19(22)21-16-7-5-15(14-20)6-8-16;/h5-12H,2-4,13-14,20H2,1H3,(H,21,22);1H. The molecule has 0 atom stereocenters. The summed E-state index contributed by atoms with van der Waals surface area (Å²) in [5, 5.41) is 2.86. The highest BCUT2D eigenvalue weighted by Crippen LogP contribution is 2.17. The van der Waals surface area contributed by atoms with Gasteiger partial charge in [-0.3, -0.25) is 4.79 Å². The number of anilines is 1. The van der Waals surface area contributed by atoms with Gasteiger partial charge in [-0.25, -0.2) is 0 Å². The van der Waals surface area contributed by atoms with E-state index < -0.39 is 0 Å². The first-order valence-corrected chi connectivity index (χ1v) is 8.15. The summed E-state index contributed by atoms with van der Waals surface area (Å²) >= 11 is 0. The average molecular weight is 365 g/mol. The van der Waals surface area contributed by atoms with Crippen molar-refractivity contribution in [1.29, 1.82) is 0 Å². The monoisotopic (exact) mass is 364 g/mol. The van der Waals surface area contributed by atoms with Gasteiger partial charge in [0.1, 0.15) is 11.5 Å². The van der Waals surface area contributed by atoms with Gasteiger partial charge < -0.3 is 20.5 Å². The van der Waals surface area contributed by atoms with Gasteiger partial charge in [-0.05, 0) is 55.3 Å². The van der Waals surface area contributed by atoms with Crippen LogP contribution in [0.15, 0.2) is 48.5 Å². The quantitative estimate of drug-likeness (QED) is 0.664. The number of rotatable bonds is 9. The van der Waals surface area contributed by atoms with Gasteiger partial charge in [-0.2, -0.15) is 0 Å². The molecule has 1 amide bonds. The van der Waals surface area contributed by atoms with Crippen LogP contribution in [0.2, 0.25) is 0 Å². The molecule has 0 heterocycles. The Morgan fingerprint density at radius 3 is 2.16 bits per heavy atom. The number of nitrogens with one attached hydrogen (secondary N) is 1. The van der Waals surface area contributed by atoms with Crippen molar-refractivity contribution in [2.24, 2.45) is 5.73 Å². The van der Waals surface area contributed by atoms with Crippen molar-refractivity contribution in [3.63, 3.8) is 0 Å². The number of ether oxygens (including phenoxy) is 2. The van der Waals surface area contributed by atoms with Crippen LogP contribution in [-0.4, -0.2) is 19.1 Å². The fourth-order valence-corrected chi connectivity index (χ4v) is 2.17. The van der Waals surface area contributed by atoms with Crippen molar-refractivity contribution in [1.82, 2.24) is 0 Å². The molecule has 0 aliphatic carbocycles. The molecule has 6 heteroatoms. The van der Waals surface area contributed by atoms with Gasteiger partial charge in [-0.1, -0.05) is 12.1 Å². The highest BCUT2D eigenvalue weighted by atomic mass is 35.5. The number of benzene rings is 2. The summed E-state index contributed by atoms with van der Waals surface area (Å²) in [5.41, 5.74) is 7.37. The normalized spacial score (nSPS) is 9.84. The molecule has 136 valence electrons. The molecule has 0 unspecified atom stereocenters. The molecule has 25 heavy (non-hydrogen) atoms. The van der Waals surface area contributed by atoms with Crippen molar-refractivity contribution in [2.75, 3.05) is 18.5 Å². The highest BCUT2D eigenvalue weighted by Gasteiger charge is 2.03. The third-order valence-electron chi connectivity index (χ3n) is 3.43. The maximum atomic E-state index is 11.9. The largest absolute Gasteiger partial charge is 0.494 e. The van der Waals surface area contributed by atoms with E-state index in [0.29, 0.717) is 32.6 Å². The van der Waals surface area contributed by atoms with E-state index in [-0.39, 0.29) is 18.3 Å². The zero-order valence-corrected chi connectivity index (χ0v) is 15.2. The molecule has 0 bridgehead atoms. The molecule has 0 saturated carbocycles. The molecule has 0 radical (unpaired) electrons. The van der Waals surface area contributed by atoms with Crippen LogP contribution in [0.25, 0.3) is 0 Å². The zero-order valence-electron chi connectivity index (χ0n) is 14.4. The summed E-state index contributed by atoms with van der Waals surface area (Å²) in [4.78, 5) is 11.9. The van der Waals surface area contributed by atoms with Gasteiger partial charge in [-0.15, -0.1) is 12.4 Å². The Kier molecular flexibility index (Phi) is 9.43. The minimum absolute atomic E-state index is 0. The molecular weight excluding hydrogens is 340 g/mol. The Balaban J connectivity index is 0.00000312. The van der Waals surface area contributed by atoms with E-state index in [0.717, 1.165) is 22.7 Å². The first kappa shape index (κ1) is 20.8. The second-order valence-corrected chi connectivity index (χ2v) is 5.31. The second kappa shape index (κ2) is 11.3. The van der Waals surface area contributed by atoms with Gasteiger partial charge >= 0.3 is 0 Å². The van der Waals surface area contributed by atoms with E-state index in [2.05, 4.69) is 5.32 Å². The van der Waals surface area contributed by atoms with Gasteiger partial charge in [0.05, 0.1) is 13.2 Å². The molecule has 0 fully saturated rings. The van der Waals surface area contributed by atoms with Crippen LogP contribution in [0.1, 0.15) is 25.3 Å². The summed E-state index contributed by atoms with van der Waals surface area (Å²) in [5.74, 6) is 1.58. The molecule has 5 nitrogen and oxygen atoms in total. The molecular formula is C19H25ClN2O3. The predicted molar refractivity (Wildman–Crippen MR) is 103 cm³/mol. The maximum Gasteiger partial charge on any atom is 0.224 e. The molecule has 0 aliphatic heterocycles. The summed E-state index contributed by atoms with van der Waals surface area (Å²) in [6.07, 6.45) is 1.07. The first-order chi connectivity index (χ1) is 11.7. The van der Waals surface area contributed by atoms with Crippen molar-refractivity contribution in [3.05, 3.63) is 54.1 Å². The fourth-order valence-electron chi connectivity index (χ4n) is 2.17. The molecule has 3 N–H and O–H groups in total. The van der Waals surface area contributed by atoms with Crippen molar-refractivity contribution < 1.29 is 14.3 Å². The number of carbonyl (C=O) groups is 1. The average Bonchev–Trinajstić information content (AvgIpc) is 2.61. The Labute approximate surface area is 154 Å². The van der Waals surface area contributed by atoms with E-state index in [1.54, 1.807) is 0 Å². The van der Waals surface area contributed by atoms with Crippen LogP contribution in [0.5, 0.6) is 11.5 Å². The minimum atomic E-state index is -0.0224. The summed E-state index contributed by atoms with van der Waals surface area (Å²) in [7, 11) is 0. The molecule has 2 aromatic carbocycles. The van der Waals surface area contributed by atoms with Crippen LogP contribution in [0.4, 0.5) is 5.69 Å². The molecule has 2 rings (SSSR count). The van der Waals surface area contributed by atoms with E-state index in [4.69, 9.17) is 15.2 Å². The lowest BCUT2D eigenvalue weighted by atomic mass is 10.2. The van der Waals surface area contributed by atoms with Gasteiger partial charge in [0.15, 0.2) is 0 Å². The number of amides is 1. The van der Waals surface area contributed by atoms with E-state index in [9.17, 15) is 4.79 Å². The smallest absolute Gasteiger partial charge is 0.224 e. The lowest BCUT2D eigenvalue weighted by Gasteiger charge is -2.08. The van der Waals surface area contributed by atoms with Crippen LogP contribution in [0, 0.1) is 0 Å². The summed E-state index contributed by atoms with van der Waals surface area (Å²) in [6, 6.07) is 15.0. The number of halogens is 1. The summed E-state index contributed by atoms with van der Waals surface area (Å²) in [6.45, 7) is 3.58. The van der Waals surface area contributed by atoms with Crippen molar-refractivity contribution in [3.8, 4) is 11.5 Å². The van der Waals surface area contributed by atoms with Crippen LogP contribution in [0.3, 0.4) is 0 Å². The lowest BCUT2D eigenvalue weighted by molar-refractivity contribution is -0.116. The van der Waals surface area contributed by atoms with Crippen molar-refractivity contribution >= 4 is 24.0 Å². The number of carbonyl (C=O) groups excluding carboxylic acids is 1. The van der Waals surface area contributed by atoms with Gasteiger partial charge in [0.25, 0.3) is 0 Å². The lowest BCUT2D eigenvalue weighted by Crippen LogP contribution is -2.12. The van der Waals surface area contributed by atoms with Gasteiger partial charge in [0.2, 0.25) is 5.91 Å². The second-order valence-electron chi connectivity index (χ2n) is 5.31. The molecule has 0 aromatic heterocycles. The van der Waals surface area contributed by atoms with Crippen LogP contribution >= 0.6 is 12.4 Å². The molecule has 0 spiro atoms. The maximum absolute atomic E-state index is 11.9. The Morgan fingerprint density at radius 1 is 1.00 bits per heavy atom. The zero-order chi connectivity index (χ0) is 17.2. The predicted octanol–water partition coefficient (Wildman–Crippen LogP) is 3.76. The van der Waals surface area contributed by atoms with E-state index in [1.165, 1.54) is 0 Å². The topological polar surface area (TPSA) is 73.6 Å². The Bertz CT molecular complexity index is 630. The van der Waals surface area contributed by atoms with E-state index in [1.807, 2.05) is 55.5 Å². The summed E-state index contributed by atoms with van der Waals surface area (Å²) < 4.78 is 11.0. The fraction of sp³-hybridized carbons (Fsp3) is 0.316. The molecule has 0 aliphatic rings. The minimum Gasteiger partial charge on any atom is -0.494 e. The van der Waals surface area contributed by atoms with E-state index >= 15 is 0 Å². The SMILES string of the molecule is CCOc1ccc(OCCCC(=O)Nc2ccc(CN)cc2)cc1.Cl. The molecule has 2 aromatic rings.